The van der Waals surface area contributed by atoms with Crippen LogP contribution < -0.4 is 5.32 Å². The Morgan fingerprint density at radius 3 is 2.67 bits per heavy atom. The highest BCUT2D eigenvalue weighted by Crippen LogP contribution is 2.13. The number of pyridine rings is 1. The molecule has 0 saturated carbocycles. The highest BCUT2D eigenvalue weighted by molar-refractivity contribution is 5.85. The summed E-state index contributed by atoms with van der Waals surface area (Å²) in [6.07, 6.45) is 1.96. The number of nitrogens with one attached hydrogen (secondary N) is 1. The topological polar surface area (TPSA) is 24.9 Å². The van der Waals surface area contributed by atoms with E-state index in [1.165, 1.54) is 11.1 Å². The van der Waals surface area contributed by atoms with Crippen LogP contribution in [-0.2, 0) is 13.1 Å². The third-order valence-electron chi connectivity index (χ3n) is 1.85. The summed E-state index contributed by atoms with van der Waals surface area (Å²) in [5, 5.41) is 3.27. The Kier molecular flexibility index (Phi) is 4.53. The highest BCUT2D eigenvalue weighted by atomic mass is 35.5. The molecule has 0 amide bonds. The molecule has 12 heavy (non-hydrogen) atoms. The molecule has 1 N–H and O–H groups in total. The Morgan fingerprint density at radius 1 is 1.25 bits per heavy atom. The number of nitrogens with zero attached hydrogens (tertiary/aromatic N) is 1. The first kappa shape index (κ1) is 11.7. The van der Waals surface area contributed by atoms with E-state index in [1.807, 2.05) is 13.1 Å². The third-order valence-corrected chi connectivity index (χ3v) is 1.85. The maximum atomic E-state index is 4.21. The summed E-state index contributed by atoms with van der Waals surface area (Å²) in [6.45, 7) is 4.03. The van der Waals surface area contributed by atoms with Gasteiger partial charge in [-0.1, -0.05) is 0 Å². The summed E-state index contributed by atoms with van der Waals surface area (Å²) in [4.78, 5) is 4.21. The number of halogens is 2. The molecule has 2 nitrogen and oxygen atoms in total. The van der Waals surface area contributed by atoms with E-state index in [-0.39, 0.29) is 24.8 Å². The fraction of sp³-hybridized carbons (Fsp3) is 0.375. The molecule has 0 atom stereocenters. The zero-order valence-electron chi connectivity index (χ0n) is 6.83. The molecule has 2 rings (SSSR count). The zero-order chi connectivity index (χ0) is 6.97. The standard InChI is InChI=1S/C8H10N2.2ClH/c1-6-2-7-3-9-4-8(7)5-10-6;;/h2,5,9H,3-4H2,1H3;2*1H. The van der Waals surface area contributed by atoms with E-state index in [0.717, 1.165) is 18.8 Å². The average Bonchev–Trinajstić information content (AvgIpc) is 2.33. The summed E-state index contributed by atoms with van der Waals surface area (Å²) < 4.78 is 0. The number of hydrogen-bond acceptors (Lipinski definition) is 2. The van der Waals surface area contributed by atoms with Crippen molar-refractivity contribution in [2.45, 2.75) is 20.0 Å². The van der Waals surface area contributed by atoms with Crippen molar-refractivity contribution in [2.24, 2.45) is 0 Å². The molecule has 0 radical (unpaired) electrons. The van der Waals surface area contributed by atoms with Crippen molar-refractivity contribution in [3.8, 4) is 0 Å². The molecule has 0 bridgehead atoms. The maximum absolute atomic E-state index is 4.21. The first-order chi connectivity index (χ1) is 4.86. The van der Waals surface area contributed by atoms with Crippen LogP contribution in [0.3, 0.4) is 0 Å². The minimum atomic E-state index is 0. The van der Waals surface area contributed by atoms with Crippen LogP contribution in [0.1, 0.15) is 16.8 Å². The van der Waals surface area contributed by atoms with Gasteiger partial charge in [0.15, 0.2) is 0 Å². The molecule has 1 aliphatic rings. The van der Waals surface area contributed by atoms with E-state index in [2.05, 4.69) is 16.4 Å². The van der Waals surface area contributed by atoms with E-state index in [4.69, 9.17) is 0 Å². The summed E-state index contributed by atoms with van der Waals surface area (Å²) in [5.41, 5.74) is 3.88. The molecule has 68 valence electrons. The molecule has 0 spiro atoms. The maximum Gasteiger partial charge on any atom is 0.0376 e. The van der Waals surface area contributed by atoms with E-state index in [0.29, 0.717) is 0 Å². The second-order valence-electron chi connectivity index (χ2n) is 2.70. The number of hydrogen-bond donors (Lipinski definition) is 1. The second kappa shape index (κ2) is 4.65. The molecule has 0 unspecified atom stereocenters. The van der Waals surface area contributed by atoms with Crippen LogP contribution in [0.5, 0.6) is 0 Å². The Bertz CT molecular complexity index is 263. The monoisotopic (exact) mass is 206 g/mol. The first-order valence-corrected chi connectivity index (χ1v) is 3.51. The van der Waals surface area contributed by atoms with Gasteiger partial charge in [-0.3, -0.25) is 4.98 Å². The lowest BCUT2D eigenvalue weighted by molar-refractivity contribution is 0.764. The van der Waals surface area contributed by atoms with Gasteiger partial charge in [0.2, 0.25) is 0 Å². The number of aryl methyl sites for hydroxylation is 1. The van der Waals surface area contributed by atoms with Crippen LogP contribution in [-0.4, -0.2) is 4.98 Å². The van der Waals surface area contributed by atoms with Crippen LogP contribution >= 0.6 is 24.8 Å². The molecule has 0 saturated heterocycles. The van der Waals surface area contributed by atoms with Crippen LogP contribution in [0, 0.1) is 6.92 Å². The highest BCUT2D eigenvalue weighted by Gasteiger charge is 2.08. The molecule has 1 aliphatic heterocycles. The van der Waals surface area contributed by atoms with Gasteiger partial charge in [0.05, 0.1) is 0 Å². The lowest BCUT2D eigenvalue weighted by Gasteiger charge is -1.96. The van der Waals surface area contributed by atoms with E-state index < -0.39 is 0 Å². The number of aromatic nitrogens is 1. The molecule has 1 aromatic rings. The Balaban J connectivity index is 0.000000605. The Labute approximate surface area is 84.6 Å². The van der Waals surface area contributed by atoms with E-state index >= 15 is 0 Å². The predicted molar refractivity (Wildman–Crippen MR) is 54.0 cm³/mol. The molecule has 0 aromatic carbocycles. The van der Waals surface area contributed by atoms with Gasteiger partial charge in [0.25, 0.3) is 0 Å². The molecule has 0 fully saturated rings. The quantitative estimate of drug-likeness (QED) is 0.702. The molecular weight excluding hydrogens is 195 g/mol. The largest absolute Gasteiger partial charge is 0.309 e. The number of fused-ring (bicyclic) bond motifs is 1. The van der Waals surface area contributed by atoms with Crippen molar-refractivity contribution in [1.82, 2.24) is 10.3 Å². The van der Waals surface area contributed by atoms with Crippen molar-refractivity contribution in [3.63, 3.8) is 0 Å². The molecule has 4 heteroatoms. The predicted octanol–water partition coefficient (Wildman–Crippen LogP) is 1.84. The van der Waals surface area contributed by atoms with Crippen molar-refractivity contribution < 1.29 is 0 Å². The van der Waals surface area contributed by atoms with Gasteiger partial charge in [-0.2, -0.15) is 0 Å². The SMILES string of the molecule is Cc1cc2c(cn1)CNC2.Cl.Cl. The molecule has 0 aliphatic carbocycles. The summed E-state index contributed by atoms with van der Waals surface area (Å²) in [7, 11) is 0. The lowest BCUT2D eigenvalue weighted by Crippen LogP contribution is -1.99. The Morgan fingerprint density at radius 2 is 1.92 bits per heavy atom. The van der Waals surface area contributed by atoms with Gasteiger partial charge in [0.1, 0.15) is 0 Å². The first-order valence-electron chi connectivity index (χ1n) is 3.51. The van der Waals surface area contributed by atoms with E-state index in [1.54, 1.807) is 0 Å². The van der Waals surface area contributed by atoms with Crippen LogP contribution in [0.15, 0.2) is 12.3 Å². The van der Waals surface area contributed by atoms with Gasteiger partial charge < -0.3 is 5.32 Å². The van der Waals surface area contributed by atoms with Gasteiger partial charge in [-0.25, -0.2) is 0 Å². The van der Waals surface area contributed by atoms with Gasteiger partial charge in [-0.05, 0) is 24.1 Å². The summed E-state index contributed by atoms with van der Waals surface area (Å²) >= 11 is 0. The lowest BCUT2D eigenvalue weighted by atomic mass is 10.2. The fourth-order valence-electron chi connectivity index (χ4n) is 1.30. The average molecular weight is 207 g/mol. The smallest absolute Gasteiger partial charge is 0.0376 e. The van der Waals surface area contributed by atoms with Crippen molar-refractivity contribution in [3.05, 3.63) is 29.1 Å². The van der Waals surface area contributed by atoms with Gasteiger partial charge in [0, 0.05) is 25.0 Å². The van der Waals surface area contributed by atoms with Crippen LogP contribution in [0.2, 0.25) is 0 Å². The minimum Gasteiger partial charge on any atom is -0.309 e. The third kappa shape index (κ3) is 2.09. The minimum absolute atomic E-state index is 0. The number of rotatable bonds is 0. The van der Waals surface area contributed by atoms with Crippen molar-refractivity contribution in [2.75, 3.05) is 0 Å². The summed E-state index contributed by atoms with van der Waals surface area (Å²) in [5.74, 6) is 0. The van der Waals surface area contributed by atoms with Crippen molar-refractivity contribution in [1.29, 1.82) is 0 Å². The molecule has 2 heterocycles. The van der Waals surface area contributed by atoms with Gasteiger partial charge in [-0.15, -0.1) is 24.8 Å². The molecular formula is C8H12Cl2N2. The van der Waals surface area contributed by atoms with Crippen LogP contribution in [0.25, 0.3) is 0 Å². The van der Waals surface area contributed by atoms with Crippen molar-refractivity contribution >= 4 is 24.8 Å². The van der Waals surface area contributed by atoms with E-state index in [9.17, 15) is 0 Å². The second-order valence-corrected chi connectivity index (χ2v) is 2.70. The fourth-order valence-corrected chi connectivity index (χ4v) is 1.30. The molecule has 1 aromatic heterocycles. The Hall–Kier alpha value is -0.310. The van der Waals surface area contributed by atoms with Crippen LogP contribution in [0.4, 0.5) is 0 Å². The summed E-state index contributed by atoms with van der Waals surface area (Å²) in [6, 6.07) is 2.15. The zero-order valence-corrected chi connectivity index (χ0v) is 8.47. The van der Waals surface area contributed by atoms with Gasteiger partial charge >= 0.3 is 0 Å². The normalized spacial score (nSPS) is 12.8.